The van der Waals surface area contributed by atoms with Gasteiger partial charge in [0, 0.05) is 13.1 Å². The molecule has 0 aromatic carbocycles. The zero-order chi connectivity index (χ0) is 11.1. The average Bonchev–Trinajstić information content (AvgIpc) is 2.25. The standard InChI is InChI=1S/C11H23N3O/c1-9(2)6-13-11(15)14-8-10-4-3-5-12-7-10/h9-10,12H,3-8H2,1-2H3,(H2,13,14,15). The SMILES string of the molecule is CC(C)CNC(=O)NCC1CCCNC1. The highest BCUT2D eigenvalue weighted by atomic mass is 16.2. The summed E-state index contributed by atoms with van der Waals surface area (Å²) < 4.78 is 0. The zero-order valence-corrected chi connectivity index (χ0v) is 9.81. The van der Waals surface area contributed by atoms with Gasteiger partial charge in [-0.25, -0.2) is 4.79 Å². The van der Waals surface area contributed by atoms with Gasteiger partial charge in [-0.15, -0.1) is 0 Å². The monoisotopic (exact) mass is 213 g/mol. The molecule has 1 aliphatic rings. The van der Waals surface area contributed by atoms with Crippen LogP contribution >= 0.6 is 0 Å². The van der Waals surface area contributed by atoms with Gasteiger partial charge < -0.3 is 16.0 Å². The average molecular weight is 213 g/mol. The van der Waals surface area contributed by atoms with Gasteiger partial charge >= 0.3 is 6.03 Å². The van der Waals surface area contributed by atoms with Crippen molar-refractivity contribution in [2.45, 2.75) is 26.7 Å². The van der Waals surface area contributed by atoms with Gasteiger partial charge in [0.15, 0.2) is 0 Å². The highest BCUT2D eigenvalue weighted by Gasteiger charge is 2.13. The number of hydrogen-bond donors (Lipinski definition) is 3. The van der Waals surface area contributed by atoms with Gasteiger partial charge in [-0.3, -0.25) is 0 Å². The van der Waals surface area contributed by atoms with Crippen LogP contribution in [0.5, 0.6) is 0 Å². The van der Waals surface area contributed by atoms with Crippen molar-refractivity contribution in [1.29, 1.82) is 0 Å². The summed E-state index contributed by atoms with van der Waals surface area (Å²) in [6.07, 6.45) is 2.44. The molecule has 1 rings (SSSR count). The maximum atomic E-state index is 11.3. The first kappa shape index (κ1) is 12.3. The Hall–Kier alpha value is -0.770. The van der Waals surface area contributed by atoms with Gasteiger partial charge in [0.2, 0.25) is 0 Å². The molecule has 0 aromatic rings. The molecule has 15 heavy (non-hydrogen) atoms. The Morgan fingerprint density at radius 2 is 2.27 bits per heavy atom. The van der Waals surface area contributed by atoms with E-state index in [1.54, 1.807) is 0 Å². The van der Waals surface area contributed by atoms with Crippen molar-refractivity contribution in [2.24, 2.45) is 11.8 Å². The zero-order valence-electron chi connectivity index (χ0n) is 9.81. The molecular weight excluding hydrogens is 190 g/mol. The van der Waals surface area contributed by atoms with E-state index in [1.807, 2.05) is 0 Å². The third kappa shape index (κ3) is 5.62. The van der Waals surface area contributed by atoms with Crippen molar-refractivity contribution >= 4 is 6.03 Å². The van der Waals surface area contributed by atoms with Crippen LogP contribution in [0.4, 0.5) is 4.79 Å². The quantitative estimate of drug-likeness (QED) is 0.651. The summed E-state index contributed by atoms with van der Waals surface area (Å²) in [5, 5.41) is 9.11. The molecule has 3 N–H and O–H groups in total. The smallest absolute Gasteiger partial charge is 0.314 e. The first-order valence-electron chi connectivity index (χ1n) is 5.91. The van der Waals surface area contributed by atoms with E-state index in [9.17, 15) is 4.79 Å². The summed E-state index contributed by atoms with van der Waals surface area (Å²) >= 11 is 0. The Morgan fingerprint density at radius 1 is 1.47 bits per heavy atom. The van der Waals surface area contributed by atoms with Crippen LogP contribution in [-0.4, -0.2) is 32.2 Å². The molecule has 0 radical (unpaired) electrons. The lowest BCUT2D eigenvalue weighted by Gasteiger charge is -2.23. The van der Waals surface area contributed by atoms with Crippen LogP contribution < -0.4 is 16.0 Å². The Kier molecular flexibility index (Phi) is 5.47. The fraction of sp³-hybridized carbons (Fsp3) is 0.909. The highest BCUT2D eigenvalue weighted by molar-refractivity contribution is 5.73. The summed E-state index contributed by atoms with van der Waals surface area (Å²) in [7, 11) is 0. The lowest BCUT2D eigenvalue weighted by molar-refractivity contribution is 0.236. The molecular formula is C11H23N3O. The number of amides is 2. The summed E-state index contributed by atoms with van der Waals surface area (Å²) in [6, 6.07) is -0.0331. The lowest BCUT2D eigenvalue weighted by Crippen LogP contribution is -2.43. The van der Waals surface area contributed by atoms with Crippen LogP contribution in [0.3, 0.4) is 0 Å². The van der Waals surface area contributed by atoms with Crippen molar-refractivity contribution in [3.8, 4) is 0 Å². The fourth-order valence-electron chi connectivity index (χ4n) is 1.69. The second kappa shape index (κ2) is 6.67. The number of rotatable bonds is 4. The van der Waals surface area contributed by atoms with E-state index in [-0.39, 0.29) is 6.03 Å². The third-order valence-corrected chi connectivity index (χ3v) is 2.62. The Balaban J connectivity index is 2.05. The second-order valence-corrected chi connectivity index (χ2v) is 4.70. The molecule has 2 amide bonds. The summed E-state index contributed by atoms with van der Waals surface area (Å²) in [4.78, 5) is 11.3. The molecule has 0 aromatic heterocycles. The number of hydrogen-bond acceptors (Lipinski definition) is 2. The molecule has 0 bridgehead atoms. The minimum absolute atomic E-state index is 0.0331. The summed E-state index contributed by atoms with van der Waals surface area (Å²) in [5.74, 6) is 1.11. The van der Waals surface area contributed by atoms with Crippen LogP contribution in [0.1, 0.15) is 26.7 Å². The number of carbonyl (C=O) groups excluding carboxylic acids is 1. The number of nitrogens with one attached hydrogen (secondary N) is 3. The maximum absolute atomic E-state index is 11.3. The van der Waals surface area contributed by atoms with E-state index >= 15 is 0 Å². The Labute approximate surface area is 92.2 Å². The molecule has 1 unspecified atom stereocenters. The fourth-order valence-corrected chi connectivity index (χ4v) is 1.69. The predicted molar refractivity (Wildman–Crippen MR) is 61.8 cm³/mol. The number of piperidine rings is 1. The van der Waals surface area contributed by atoms with Crippen LogP contribution in [0.15, 0.2) is 0 Å². The molecule has 4 nitrogen and oxygen atoms in total. The molecule has 1 saturated heterocycles. The molecule has 1 atom stereocenters. The van der Waals surface area contributed by atoms with Gasteiger partial charge in [-0.1, -0.05) is 13.8 Å². The van der Waals surface area contributed by atoms with Gasteiger partial charge in [-0.2, -0.15) is 0 Å². The lowest BCUT2D eigenvalue weighted by atomic mass is 10.00. The molecule has 1 aliphatic heterocycles. The largest absolute Gasteiger partial charge is 0.338 e. The van der Waals surface area contributed by atoms with Gasteiger partial charge in [0.25, 0.3) is 0 Å². The first-order chi connectivity index (χ1) is 7.18. The van der Waals surface area contributed by atoms with Crippen LogP contribution in [0.25, 0.3) is 0 Å². The van der Waals surface area contributed by atoms with E-state index < -0.39 is 0 Å². The van der Waals surface area contributed by atoms with Crippen molar-refractivity contribution in [3.63, 3.8) is 0 Å². The number of urea groups is 1. The van der Waals surface area contributed by atoms with E-state index in [1.165, 1.54) is 12.8 Å². The van der Waals surface area contributed by atoms with Crippen molar-refractivity contribution in [3.05, 3.63) is 0 Å². The van der Waals surface area contributed by atoms with E-state index in [0.29, 0.717) is 11.8 Å². The Morgan fingerprint density at radius 3 is 2.87 bits per heavy atom. The molecule has 1 fully saturated rings. The minimum Gasteiger partial charge on any atom is -0.338 e. The van der Waals surface area contributed by atoms with E-state index in [4.69, 9.17) is 0 Å². The van der Waals surface area contributed by atoms with E-state index in [2.05, 4.69) is 29.8 Å². The van der Waals surface area contributed by atoms with Gasteiger partial charge in [0.05, 0.1) is 0 Å². The molecule has 4 heteroatoms. The minimum atomic E-state index is -0.0331. The van der Waals surface area contributed by atoms with Crippen molar-refractivity contribution in [2.75, 3.05) is 26.2 Å². The third-order valence-electron chi connectivity index (χ3n) is 2.62. The summed E-state index contributed by atoms with van der Waals surface area (Å²) in [5.41, 5.74) is 0. The van der Waals surface area contributed by atoms with Crippen LogP contribution in [0.2, 0.25) is 0 Å². The maximum Gasteiger partial charge on any atom is 0.314 e. The molecule has 0 aliphatic carbocycles. The Bertz CT molecular complexity index is 188. The number of carbonyl (C=O) groups is 1. The van der Waals surface area contributed by atoms with Gasteiger partial charge in [0.1, 0.15) is 0 Å². The normalized spacial score (nSPS) is 21.4. The molecule has 1 heterocycles. The van der Waals surface area contributed by atoms with Gasteiger partial charge in [-0.05, 0) is 37.8 Å². The van der Waals surface area contributed by atoms with E-state index in [0.717, 1.165) is 26.2 Å². The topological polar surface area (TPSA) is 53.2 Å². The van der Waals surface area contributed by atoms with Crippen molar-refractivity contribution in [1.82, 2.24) is 16.0 Å². The highest BCUT2D eigenvalue weighted by Crippen LogP contribution is 2.07. The second-order valence-electron chi connectivity index (χ2n) is 4.70. The van der Waals surface area contributed by atoms with Crippen LogP contribution in [-0.2, 0) is 0 Å². The molecule has 88 valence electrons. The first-order valence-corrected chi connectivity index (χ1v) is 5.91. The summed E-state index contributed by atoms with van der Waals surface area (Å²) in [6.45, 7) is 7.86. The van der Waals surface area contributed by atoms with Crippen molar-refractivity contribution < 1.29 is 4.79 Å². The van der Waals surface area contributed by atoms with Crippen LogP contribution in [0, 0.1) is 11.8 Å². The molecule has 0 saturated carbocycles. The molecule has 0 spiro atoms. The predicted octanol–water partition coefficient (Wildman–Crippen LogP) is 0.941.